The average molecular weight is 419 g/mol. The third kappa shape index (κ3) is 17.1. The normalized spacial score (nSPS) is 12.0. The summed E-state index contributed by atoms with van der Waals surface area (Å²) in [4.78, 5) is 0. The van der Waals surface area contributed by atoms with Gasteiger partial charge in [0.2, 0.25) is 0 Å². The van der Waals surface area contributed by atoms with E-state index < -0.39 is 8.56 Å². The minimum absolute atomic E-state index is 0.931. The van der Waals surface area contributed by atoms with Gasteiger partial charge in [0.05, 0.1) is 0 Å². The standard InChI is InChI=1S/C23H50O2SSi/c1-4-5-6-7-8-9-10-11-12-13-14-15-16-17-18-19-22-27(24-2,25-3)23-20-21-26/h26H,4-23H2,1-3H3. The van der Waals surface area contributed by atoms with Crippen LogP contribution >= 0.6 is 12.6 Å². The van der Waals surface area contributed by atoms with Crippen LogP contribution in [0.15, 0.2) is 0 Å². The van der Waals surface area contributed by atoms with E-state index in [9.17, 15) is 0 Å². The predicted octanol–water partition coefficient (Wildman–Crippen LogP) is 8.30. The number of hydrogen-bond acceptors (Lipinski definition) is 3. The van der Waals surface area contributed by atoms with E-state index in [4.69, 9.17) is 8.85 Å². The number of rotatable bonds is 22. The first kappa shape index (κ1) is 27.5. The molecule has 0 saturated heterocycles. The third-order valence-corrected chi connectivity index (χ3v) is 9.91. The van der Waals surface area contributed by atoms with Gasteiger partial charge in [-0.2, -0.15) is 12.6 Å². The van der Waals surface area contributed by atoms with Gasteiger partial charge >= 0.3 is 8.56 Å². The summed E-state index contributed by atoms with van der Waals surface area (Å²) in [6.07, 6.45) is 23.8. The van der Waals surface area contributed by atoms with Crippen molar-refractivity contribution >= 4 is 21.2 Å². The molecule has 0 aliphatic rings. The summed E-state index contributed by atoms with van der Waals surface area (Å²) in [5, 5.41) is 0. The van der Waals surface area contributed by atoms with E-state index in [-0.39, 0.29) is 0 Å². The molecule has 0 aromatic rings. The van der Waals surface area contributed by atoms with E-state index >= 15 is 0 Å². The molecule has 0 spiro atoms. The minimum Gasteiger partial charge on any atom is -0.398 e. The van der Waals surface area contributed by atoms with Crippen LogP contribution in [0.5, 0.6) is 0 Å². The maximum absolute atomic E-state index is 5.80. The smallest absolute Gasteiger partial charge is 0.337 e. The summed E-state index contributed by atoms with van der Waals surface area (Å²) >= 11 is 4.33. The Balaban J connectivity index is 3.35. The fraction of sp³-hybridized carbons (Fsp3) is 1.00. The molecule has 0 saturated carbocycles. The van der Waals surface area contributed by atoms with Gasteiger partial charge in [-0.05, 0) is 24.3 Å². The summed E-state index contributed by atoms with van der Waals surface area (Å²) in [6, 6.07) is 2.23. The Morgan fingerprint density at radius 3 is 1.19 bits per heavy atom. The van der Waals surface area contributed by atoms with Crippen molar-refractivity contribution in [3.8, 4) is 0 Å². The minimum atomic E-state index is -1.92. The van der Waals surface area contributed by atoms with Gasteiger partial charge < -0.3 is 8.85 Å². The summed E-state index contributed by atoms with van der Waals surface area (Å²) in [7, 11) is 1.75. The van der Waals surface area contributed by atoms with Crippen molar-refractivity contribution in [2.75, 3.05) is 20.0 Å². The summed E-state index contributed by atoms with van der Waals surface area (Å²) in [5.74, 6) is 0.931. The molecular weight excluding hydrogens is 368 g/mol. The highest BCUT2D eigenvalue weighted by molar-refractivity contribution is 7.80. The zero-order chi connectivity index (χ0) is 20.1. The number of hydrogen-bond donors (Lipinski definition) is 1. The molecule has 0 radical (unpaired) electrons. The van der Waals surface area contributed by atoms with Gasteiger partial charge in [0.15, 0.2) is 0 Å². The second-order valence-corrected chi connectivity index (χ2v) is 12.3. The van der Waals surface area contributed by atoms with Gasteiger partial charge in [0.1, 0.15) is 0 Å². The van der Waals surface area contributed by atoms with E-state index in [1.54, 1.807) is 0 Å². The van der Waals surface area contributed by atoms with E-state index in [1.807, 2.05) is 14.2 Å². The van der Waals surface area contributed by atoms with Gasteiger partial charge in [-0.3, -0.25) is 0 Å². The maximum Gasteiger partial charge on any atom is 0.337 e. The van der Waals surface area contributed by atoms with Crippen LogP contribution in [-0.2, 0) is 8.85 Å². The Hall–Kier alpha value is 0.487. The molecule has 0 fully saturated rings. The molecule has 0 unspecified atom stereocenters. The van der Waals surface area contributed by atoms with E-state index in [0.29, 0.717) is 0 Å². The lowest BCUT2D eigenvalue weighted by Gasteiger charge is -2.27. The molecule has 0 bridgehead atoms. The van der Waals surface area contributed by atoms with Crippen LogP contribution in [0.25, 0.3) is 0 Å². The lowest BCUT2D eigenvalue weighted by Crippen LogP contribution is -2.39. The van der Waals surface area contributed by atoms with Crippen LogP contribution in [0.2, 0.25) is 12.1 Å². The molecule has 0 heterocycles. The van der Waals surface area contributed by atoms with E-state index in [1.165, 1.54) is 103 Å². The highest BCUT2D eigenvalue weighted by Gasteiger charge is 2.33. The van der Waals surface area contributed by atoms with Crippen LogP contribution in [-0.4, -0.2) is 28.5 Å². The van der Waals surface area contributed by atoms with Crippen LogP contribution in [0.1, 0.15) is 116 Å². The molecule has 0 aliphatic heterocycles. The topological polar surface area (TPSA) is 18.5 Å². The Morgan fingerprint density at radius 1 is 0.519 bits per heavy atom. The second-order valence-electron chi connectivity index (χ2n) is 8.20. The largest absolute Gasteiger partial charge is 0.398 e. The van der Waals surface area contributed by atoms with Crippen LogP contribution in [0.3, 0.4) is 0 Å². The molecule has 0 amide bonds. The summed E-state index contributed by atoms with van der Waals surface area (Å²) < 4.78 is 11.6. The fourth-order valence-electron chi connectivity index (χ4n) is 3.91. The van der Waals surface area contributed by atoms with Crippen LogP contribution in [0, 0.1) is 0 Å². The SMILES string of the molecule is CCCCCCCCCCCCCCCCCC[Si](CCCS)(OC)OC. The van der Waals surface area contributed by atoms with E-state index in [2.05, 4.69) is 19.6 Å². The van der Waals surface area contributed by atoms with E-state index in [0.717, 1.165) is 24.3 Å². The number of thiol groups is 1. The predicted molar refractivity (Wildman–Crippen MR) is 127 cm³/mol. The monoisotopic (exact) mass is 418 g/mol. The van der Waals surface area contributed by atoms with Crippen LogP contribution in [0.4, 0.5) is 0 Å². The second kappa shape index (κ2) is 21.2. The molecule has 27 heavy (non-hydrogen) atoms. The Kier molecular flexibility index (Phi) is 21.6. The zero-order valence-electron chi connectivity index (χ0n) is 18.9. The van der Waals surface area contributed by atoms with Crippen molar-refractivity contribution < 1.29 is 8.85 Å². The summed E-state index contributed by atoms with van der Waals surface area (Å²) in [5.41, 5.74) is 0. The van der Waals surface area contributed by atoms with Crippen molar-refractivity contribution in [3.05, 3.63) is 0 Å². The number of unbranched alkanes of at least 4 members (excludes halogenated alkanes) is 15. The molecule has 164 valence electrons. The zero-order valence-corrected chi connectivity index (χ0v) is 20.8. The Bertz CT molecular complexity index is 286. The van der Waals surface area contributed by atoms with Crippen molar-refractivity contribution in [2.24, 2.45) is 0 Å². The molecule has 4 heteroatoms. The lowest BCUT2D eigenvalue weighted by atomic mass is 10.0. The van der Waals surface area contributed by atoms with Crippen molar-refractivity contribution in [2.45, 2.75) is 128 Å². The van der Waals surface area contributed by atoms with Gasteiger partial charge in [-0.15, -0.1) is 0 Å². The Labute approximate surface area is 178 Å². The van der Waals surface area contributed by atoms with Crippen LogP contribution < -0.4 is 0 Å². The van der Waals surface area contributed by atoms with Crippen molar-refractivity contribution in [1.82, 2.24) is 0 Å². The van der Waals surface area contributed by atoms with Crippen molar-refractivity contribution in [3.63, 3.8) is 0 Å². The molecule has 0 atom stereocenters. The van der Waals surface area contributed by atoms with Gasteiger partial charge in [0.25, 0.3) is 0 Å². The summed E-state index contributed by atoms with van der Waals surface area (Å²) in [6.45, 7) is 2.29. The first-order valence-corrected chi connectivity index (χ1v) is 14.8. The molecular formula is C23H50O2SSi. The first-order valence-electron chi connectivity index (χ1n) is 12.0. The van der Waals surface area contributed by atoms with Gasteiger partial charge in [-0.1, -0.05) is 110 Å². The highest BCUT2D eigenvalue weighted by atomic mass is 32.1. The first-order chi connectivity index (χ1) is 13.2. The fourth-order valence-corrected chi connectivity index (χ4v) is 7.10. The van der Waals surface area contributed by atoms with Crippen molar-refractivity contribution in [1.29, 1.82) is 0 Å². The highest BCUT2D eigenvalue weighted by Crippen LogP contribution is 2.23. The Morgan fingerprint density at radius 2 is 0.852 bits per heavy atom. The third-order valence-electron chi connectivity index (χ3n) is 5.87. The van der Waals surface area contributed by atoms with Gasteiger partial charge in [-0.25, -0.2) is 0 Å². The molecule has 0 aliphatic carbocycles. The molecule has 0 aromatic carbocycles. The molecule has 2 nitrogen and oxygen atoms in total. The molecule has 0 aromatic heterocycles. The quantitative estimate of drug-likeness (QED) is 0.108. The average Bonchev–Trinajstić information content (AvgIpc) is 2.70. The lowest BCUT2D eigenvalue weighted by molar-refractivity contribution is 0.239. The molecule has 0 N–H and O–H groups in total. The maximum atomic E-state index is 5.80. The molecule has 0 rings (SSSR count). The van der Waals surface area contributed by atoms with Gasteiger partial charge in [0, 0.05) is 14.2 Å².